The monoisotopic (exact) mass is 512 g/mol. The maximum atomic E-state index is 13.8. The Morgan fingerprint density at radius 1 is 1.08 bits per heavy atom. The van der Waals surface area contributed by atoms with Crippen LogP contribution in [-0.4, -0.2) is 29.6 Å². The van der Waals surface area contributed by atoms with Crippen LogP contribution in [0, 0.1) is 11.3 Å². The van der Waals surface area contributed by atoms with Gasteiger partial charge in [-0.25, -0.2) is 4.99 Å². The maximum Gasteiger partial charge on any atom is 0.269 e. The van der Waals surface area contributed by atoms with Gasteiger partial charge in [-0.2, -0.15) is 5.26 Å². The first-order chi connectivity index (χ1) is 17.5. The Kier molecular flexibility index (Phi) is 6.63. The molecule has 0 unspecified atom stereocenters. The molecule has 7 nitrogen and oxygen atoms in total. The minimum absolute atomic E-state index is 0.0980. The lowest BCUT2D eigenvalue weighted by Crippen LogP contribution is -2.29. The van der Waals surface area contributed by atoms with Crippen LogP contribution in [0.5, 0.6) is 0 Å². The molecule has 3 aromatic rings. The van der Waals surface area contributed by atoms with E-state index >= 15 is 0 Å². The fourth-order valence-electron chi connectivity index (χ4n) is 4.03. The number of thioether (sulfide) groups is 2. The van der Waals surface area contributed by atoms with Gasteiger partial charge in [0, 0.05) is 24.2 Å². The summed E-state index contributed by atoms with van der Waals surface area (Å²) in [6, 6.07) is 23.2. The summed E-state index contributed by atoms with van der Waals surface area (Å²) in [7, 11) is 1.96. The van der Waals surface area contributed by atoms with Crippen LogP contribution in [0.3, 0.4) is 0 Å². The number of nitriles is 1. The predicted molar refractivity (Wildman–Crippen MR) is 149 cm³/mol. The molecule has 0 saturated carbocycles. The Morgan fingerprint density at radius 2 is 1.89 bits per heavy atom. The van der Waals surface area contributed by atoms with Gasteiger partial charge in [-0.15, -0.1) is 0 Å². The van der Waals surface area contributed by atoms with E-state index in [0.29, 0.717) is 40.1 Å². The zero-order chi connectivity index (χ0) is 25.2. The number of fused-ring (bicyclic) bond motifs is 1. The SMILES string of the molecule is CCNc1ccc(C#N)cc1N=C1SC(=C2Sc3cc(N)ccc3N2C)C(=O)N1Cc1ccccc1. The smallest absolute Gasteiger partial charge is 0.269 e. The third-order valence-corrected chi connectivity index (χ3v) is 8.22. The maximum absolute atomic E-state index is 13.8. The van der Waals surface area contributed by atoms with E-state index in [1.54, 1.807) is 28.8 Å². The Balaban J connectivity index is 1.59. The first-order valence-electron chi connectivity index (χ1n) is 11.4. The number of carbonyl (C=O) groups is 1. The van der Waals surface area contributed by atoms with E-state index in [0.717, 1.165) is 26.9 Å². The predicted octanol–water partition coefficient (Wildman–Crippen LogP) is 5.75. The number of rotatable bonds is 5. The molecule has 180 valence electrons. The van der Waals surface area contributed by atoms with Crippen molar-refractivity contribution in [2.75, 3.05) is 29.5 Å². The second-order valence-corrected chi connectivity index (χ2v) is 10.3. The number of anilines is 3. The van der Waals surface area contributed by atoms with E-state index in [1.807, 2.05) is 73.5 Å². The molecule has 1 amide bonds. The van der Waals surface area contributed by atoms with Crippen molar-refractivity contribution in [2.45, 2.75) is 18.4 Å². The summed E-state index contributed by atoms with van der Waals surface area (Å²) in [6.07, 6.45) is 0. The lowest BCUT2D eigenvalue weighted by atomic mass is 10.2. The molecule has 0 aliphatic carbocycles. The molecule has 36 heavy (non-hydrogen) atoms. The van der Waals surface area contributed by atoms with Crippen LogP contribution in [-0.2, 0) is 11.3 Å². The number of hydrogen-bond donors (Lipinski definition) is 2. The Bertz CT molecular complexity index is 1440. The van der Waals surface area contributed by atoms with Crippen LogP contribution in [0.25, 0.3) is 0 Å². The second-order valence-electron chi connectivity index (χ2n) is 8.27. The number of hydrogen-bond acceptors (Lipinski definition) is 8. The van der Waals surface area contributed by atoms with Gasteiger partial charge in [-0.05, 0) is 60.6 Å². The third-order valence-electron chi connectivity index (χ3n) is 5.81. The van der Waals surface area contributed by atoms with Gasteiger partial charge in [0.25, 0.3) is 5.91 Å². The molecule has 2 aliphatic rings. The summed E-state index contributed by atoms with van der Waals surface area (Å²) in [6.45, 7) is 3.11. The summed E-state index contributed by atoms with van der Waals surface area (Å²) < 4.78 is 0. The van der Waals surface area contributed by atoms with Crippen molar-refractivity contribution >= 4 is 57.3 Å². The number of carbonyl (C=O) groups excluding carboxylic acids is 1. The average Bonchev–Trinajstić information content (AvgIpc) is 3.36. The average molecular weight is 513 g/mol. The van der Waals surface area contributed by atoms with Gasteiger partial charge in [-0.1, -0.05) is 42.1 Å². The molecule has 2 heterocycles. The first kappa shape index (κ1) is 23.9. The molecular formula is C27H24N6OS2. The van der Waals surface area contributed by atoms with E-state index in [2.05, 4.69) is 11.4 Å². The van der Waals surface area contributed by atoms with E-state index in [9.17, 15) is 10.1 Å². The highest BCUT2D eigenvalue weighted by Crippen LogP contribution is 2.51. The largest absolute Gasteiger partial charge is 0.399 e. The fraction of sp³-hybridized carbons (Fsp3) is 0.148. The van der Waals surface area contributed by atoms with E-state index in [-0.39, 0.29) is 5.91 Å². The summed E-state index contributed by atoms with van der Waals surface area (Å²) in [5.74, 6) is -0.0980. The molecule has 1 saturated heterocycles. The van der Waals surface area contributed by atoms with Crippen LogP contribution in [0.2, 0.25) is 0 Å². The van der Waals surface area contributed by atoms with Crippen molar-refractivity contribution in [3.63, 3.8) is 0 Å². The van der Waals surface area contributed by atoms with Crippen molar-refractivity contribution in [3.8, 4) is 6.07 Å². The fourth-order valence-corrected chi connectivity index (χ4v) is 6.41. The minimum Gasteiger partial charge on any atom is -0.399 e. The molecule has 9 heteroatoms. The van der Waals surface area contributed by atoms with Gasteiger partial charge in [-0.3, -0.25) is 9.69 Å². The van der Waals surface area contributed by atoms with Crippen LogP contribution in [0.4, 0.5) is 22.7 Å². The first-order valence-corrected chi connectivity index (χ1v) is 13.1. The van der Waals surface area contributed by atoms with Gasteiger partial charge in [0.05, 0.1) is 40.3 Å². The lowest BCUT2D eigenvalue weighted by molar-refractivity contribution is -0.122. The summed E-state index contributed by atoms with van der Waals surface area (Å²) in [5, 5.41) is 14.2. The van der Waals surface area contributed by atoms with Crippen molar-refractivity contribution in [1.82, 2.24) is 4.90 Å². The number of nitrogens with two attached hydrogens (primary N) is 1. The van der Waals surface area contributed by atoms with Crippen LogP contribution in [0.1, 0.15) is 18.1 Å². The van der Waals surface area contributed by atoms with E-state index in [4.69, 9.17) is 10.7 Å². The van der Waals surface area contributed by atoms with Crippen LogP contribution < -0.4 is 16.0 Å². The standard InChI is InChI=1S/C27H24N6OS2/c1-3-30-20-11-9-18(15-28)13-21(20)31-27-33(16-17-7-5-4-6-8-17)25(34)24(36-27)26-32(2)22-12-10-19(29)14-23(22)35-26/h4-14,30H,3,16,29H2,1-2H3. The number of amidine groups is 1. The molecule has 3 aromatic carbocycles. The molecule has 0 radical (unpaired) electrons. The molecule has 0 aromatic heterocycles. The van der Waals surface area contributed by atoms with Crippen molar-refractivity contribution < 1.29 is 4.79 Å². The van der Waals surface area contributed by atoms with Gasteiger partial charge in [0.15, 0.2) is 5.17 Å². The molecule has 0 bridgehead atoms. The Hall–Kier alpha value is -3.87. The highest BCUT2D eigenvalue weighted by atomic mass is 32.2. The van der Waals surface area contributed by atoms with Gasteiger partial charge >= 0.3 is 0 Å². The second kappa shape index (κ2) is 10.0. The van der Waals surface area contributed by atoms with Crippen molar-refractivity contribution in [1.29, 1.82) is 5.26 Å². The lowest BCUT2D eigenvalue weighted by Gasteiger charge is -2.17. The molecule has 3 N–H and O–H groups in total. The van der Waals surface area contributed by atoms with Gasteiger partial charge < -0.3 is 16.0 Å². The highest BCUT2D eigenvalue weighted by molar-refractivity contribution is 8.19. The topological polar surface area (TPSA) is 97.7 Å². The molecule has 0 atom stereocenters. The summed E-state index contributed by atoms with van der Waals surface area (Å²) >= 11 is 2.90. The molecule has 2 aliphatic heterocycles. The molecular weight excluding hydrogens is 488 g/mol. The number of amides is 1. The number of nitrogens with zero attached hydrogens (tertiary/aromatic N) is 4. The van der Waals surface area contributed by atoms with Crippen LogP contribution in [0.15, 0.2) is 86.6 Å². The van der Waals surface area contributed by atoms with Crippen molar-refractivity contribution in [3.05, 3.63) is 87.8 Å². The van der Waals surface area contributed by atoms with Gasteiger partial charge in [0.1, 0.15) is 4.91 Å². The number of benzene rings is 3. The Labute approximate surface area is 218 Å². The molecule has 1 fully saturated rings. The molecule has 5 rings (SSSR count). The minimum atomic E-state index is -0.0980. The summed E-state index contributed by atoms with van der Waals surface area (Å²) in [4.78, 5) is 24.1. The van der Waals surface area contributed by atoms with Crippen molar-refractivity contribution in [2.24, 2.45) is 4.99 Å². The number of nitrogens with one attached hydrogen (secondary N) is 1. The van der Waals surface area contributed by atoms with Crippen LogP contribution >= 0.6 is 23.5 Å². The molecule has 0 spiro atoms. The number of nitrogen functional groups attached to an aromatic ring is 1. The zero-order valence-corrected chi connectivity index (χ0v) is 21.5. The Morgan fingerprint density at radius 3 is 2.64 bits per heavy atom. The highest BCUT2D eigenvalue weighted by Gasteiger charge is 2.39. The number of aliphatic imine (C=N–C) groups is 1. The quantitative estimate of drug-likeness (QED) is 0.332. The zero-order valence-electron chi connectivity index (χ0n) is 19.9. The normalized spacial score (nSPS) is 18.0. The van der Waals surface area contributed by atoms with Gasteiger partial charge in [0.2, 0.25) is 0 Å². The van der Waals surface area contributed by atoms with E-state index < -0.39 is 0 Å². The summed E-state index contributed by atoms with van der Waals surface area (Å²) in [5.41, 5.74) is 10.7. The third kappa shape index (κ3) is 4.53. The van der Waals surface area contributed by atoms with E-state index in [1.165, 1.54) is 11.8 Å².